The van der Waals surface area contributed by atoms with E-state index in [9.17, 15) is 5.11 Å². The molecule has 0 saturated carbocycles. The Morgan fingerprint density at radius 3 is 3.18 bits per heavy atom. The average molecular weight is 232 g/mol. The predicted molar refractivity (Wildman–Crippen MR) is 66.0 cm³/mol. The summed E-state index contributed by atoms with van der Waals surface area (Å²) in [6.45, 7) is 3.53. The van der Waals surface area contributed by atoms with E-state index in [4.69, 9.17) is 0 Å². The molecule has 17 heavy (non-hydrogen) atoms. The van der Waals surface area contributed by atoms with E-state index in [0.717, 1.165) is 36.2 Å². The van der Waals surface area contributed by atoms with Crippen LogP contribution in [-0.2, 0) is 0 Å². The molecule has 0 aliphatic carbocycles. The summed E-state index contributed by atoms with van der Waals surface area (Å²) in [6, 6.07) is 1.98. The van der Waals surface area contributed by atoms with E-state index in [0.29, 0.717) is 6.54 Å². The Hall–Kier alpha value is -1.62. The van der Waals surface area contributed by atoms with Gasteiger partial charge >= 0.3 is 0 Å². The lowest BCUT2D eigenvalue weighted by Gasteiger charge is -2.22. The van der Waals surface area contributed by atoms with E-state index < -0.39 is 5.60 Å². The second kappa shape index (κ2) is 3.70. The van der Waals surface area contributed by atoms with Crippen molar-refractivity contribution in [1.82, 2.24) is 15.0 Å². The first-order chi connectivity index (χ1) is 8.22. The standard InChI is InChI=1S/C12H16N4O/c1-2-12(17)4-6-16(7-12)11-9-3-5-13-10(9)14-8-15-11/h3,5,8,17H,2,4,6-7H2,1H3,(H,13,14,15). The Bertz CT molecular complexity index is 538. The van der Waals surface area contributed by atoms with Gasteiger partial charge in [-0.15, -0.1) is 0 Å². The fraction of sp³-hybridized carbons (Fsp3) is 0.500. The SMILES string of the molecule is CCC1(O)CCN(c2ncnc3[nH]ccc23)C1. The summed E-state index contributed by atoms with van der Waals surface area (Å²) < 4.78 is 0. The van der Waals surface area contributed by atoms with Gasteiger partial charge in [-0.05, 0) is 18.9 Å². The molecule has 3 heterocycles. The molecule has 1 aliphatic heterocycles. The molecule has 1 atom stereocenters. The van der Waals surface area contributed by atoms with Crippen molar-refractivity contribution in [3.8, 4) is 0 Å². The topological polar surface area (TPSA) is 65.0 Å². The third kappa shape index (κ3) is 1.67. The Morgan fingerprint density at radius 1 is 1.53 bits per heavy atom. The van der Waals surface area contributed by atoms with Gasteiger partial charge in [0.2, 0.25) is 0 Å². The number of nitrogens with zero attached hydrogens (tertiary/aromatic N) is 3. The number of aromatic nitrogens is 3. The molecule has 5 heteroatoms. The second-order valence-electron chi connectivity index (χ2n) is 4.69. The summed E-state index contributed by atoms with van der Waals surface area (Å²) in [5.74, 6) is 0.917. The fourth-order valence-corrected chi connectivity index (χ4v) is 2.44. The summed E-state index contributed by atoms with van der Waals surface area (Å²) in [7, 11) is 0. The summed E-state index contributed by atoms with van der Waals surface area (Å²) in [6.07, 6.45) is 5.02. The molecule has 3 rings (SSSR count). The lowest BCUT2D eigenvalue weighted by molar-refractivity contribution is 0.0593. The molecule has 1 aliphatic rings. The number of β-amino-alcohol motifs (C(OH)–C–C–N with tert-alkyl or cyclic N) is 1. The number of aliphatic hydroxyl groups is 1. The minimum atomic E-state index is -0.562. The number of hydrogen-bond donors (Lipinski definition) is 2. The number of hydrogen-bond acceptors (Lipinski definition) is 4. The number of rotatable bonds is 2. The summed E-state index contributed by atoms with van der Waals surface area (Å²) >= 11 is 0. The van der Waals surface area contributed by atoms with Crippen LogP contribution < -0.4 is 4.90 Å². The number of H-pyrrole nitrogens is 1. The lowest BCUT2D eigenvalue weighted by Crippen LogP contribution is -2.32. The molecule has 0 amide bonds. The molecule has 2 aromatic rings. The van der Waals surface area contributed by atoms with Gasteiger partial charge in [-0.1, -0.05) is 6.92 Å². The van der Waals surface area contributed by atoms with Crippen LogP contribution in [0, 0.1) is 0 Å². The molecule has 0 spiro atoms. The van der Waals surface area contributed by atoms with Gasteiger partial charge in [-0.3, -0.25) is 0 Å². The first-order valence-electron chi connectivity index (χ1n) is 5.97. The number of fused-ring (bicyclic) bond motifs is 1. The first-order valence-corrected chi connectivity index (χ1v) is 5.97. The van der Waals surface area contributed by atoms with Gasteiger partial charge < -0.3 is 15.0 Å². The molecule has 0 aromatic carbocycles. The van der Waals surface area contributed by atoms with Gasteiger partial charge in [0.15, 0.2) is 0 Å². The zero-order chi connectivity index (χ0) is 11.9. The van der Waals surface area contributed by atoms with E-state index in [1.54, 1.807) is 6.33 Å². The lowest BCUT2D eigenvalue weighted by atomic mass is 10.0. The maximum atomic E-state index is 10.3. The van der Waals surface area contributed by atoms with Crippen molar-refractivity contribution in [3.05, 3.63) is 18.6 Å². The maximum absolute atomic E-state index is 10.3. The molecular weight excluding hydrogens is 216 g/mol. The van der Waals surface area contributed by atoms with Crippen LogP contribution in [-0.4, -0.2) is 38.7 Å². The number of aromatic amines is 1. The molecule has 1 unspecified atom stereocenters. The van der Waals surface area contributed by atoms with Crippen LogP contribution in [0.4, 0.5) is 5.82 Å². The number of anilines is 1. The van der Waals surface area contributed by atoms with Gasteiger partial charge in [0.05, 0.1) is 11.0 Å². The van der Waals surface area contributed by atoms with Crippen molar-refractivity contribution in [2.45, 2.75) is 25.4 Å². The quantitative estimate of drug-likeness (QED) is 0.819. The third-order valence-corrected chi connectivity index (χ3v) is 3.62. The van der Waals surface area contributed by atoms with Crippen molar-refractivity contribution in [2.75, 3.05) is 18.0 Å². The Labute approximate surface area is 99.5 Å². The average Bonchev–Trinajstić information content (AvgIpc) is 2.95. The third-order valence-electron chi connectivity index (χ3n) is 3.62. The van der Waals surface area contributed by atoms with Crippen LogP contribution in [0.25, 0.3) is 11.0 Å². The van der Waals surface area contributed by atoms with E-state index in [-0.39, 0.29) is 0 Å². The van der Waals surface area contributed by atoms with Gasteiger partial charge in [-0.25, -0.2) is 9.97 Å². The highest BCUT2D eigenvalue weighted by atomic mass is 16.3. The highest BCUT2D eigenvalue weighted by molar-refractivity contribution is 5.87. The monoisotopic (exact) mass is 232 g/mol. The summed E-state index contributed by atoms with van der Waals surface area (Å²) in [5, 5.41) is 11.3. The van der Waals surface area contributed by atoms with Crippen molar-refractivity contribution in [2.24, 2.45) is 0 Å². The largest absolute Gasteiger partial charge is 0.388 e. The highest BCUT2D eigenvalue weighted by Gasteiger charge is 2.35. The Morgan fingerprint density at radius 2 is 2.41 bits per heavy atom. The maximum Gasteiger partial charge on any atom is 0.142 e. The van der Waals surface area contributed by atoms with Crippen molar-refractivity contribution in [1.29, 1.82) is 0 Å². The zero-order valence-corrected chi connectivity index (χ0v) is 9.85. The summed E-state index contributed by atoms with van der Waals surface area (Å²) in [4.78, 5) is 13.7. The van der Waals surface area contributed by atoms with Gasteiger partial charge in [0.25, 0.3) is 0 Å². The van der Waals surface area contributed by atoms with Crippen LogP contribution in [0.1, 0.15) is 19.8 Å². The van der Waals surface area contributed by atoms with Crippen LogP contribution >= 0.6 is 0 Å². The molecule has 2 aromatic heterocycles. The smallest absolute Gasteiger partial charge is 0.142 e. The normalized spacial score (nSPS) is 24.7. The van der Waals surface area contributed by atoms with Crippen LogP contribution in [0.2, 0.25) is 0 Å². The minimum absolute atomic E-state index is 0.562. The molecule has 5 nitrogen and oxygen atoms in total. The van der Waals surface area contributed by atoms with Crippen LogP contribution in [0.3, 0.4) is 0 Å². The molecule has 0 bridgehead atoms. The van der Waals surface area contributed by atoms with Gasteiger partial charge in [0, 0.05) is 19.3 Å². The highest BCUT2D eigenvalue weighted by Crippen LogP contribution is 2.30. The molecule has 1 fully saturated rings. The van der Waals surface area contributed by atoms with Crippen LogP contribution in [0.15, 0.2) is 18.6 Å². The van der Waals surface area contributed by atoms with Crippen molar-refractivity contribution in [3.63, 3.8) is 0 Å². The molecule has 2 N–H and O–H groups in total. The van der Waals surface area contributed by atoms with Crippen molar-refractivity contribution >= 4 is 16.9 Å². The number of nitrogens with one attached hydrogen (secondary N) is 1. The first kappa shape index (κ1) is 10.5. The Kier molecular flexibility index (Phi) is 2.29. The summed E-state index contributed by atoms with van der Waals surface area (Å²) in [5.41, 5.74) is 0.287. The van der Waals surface area contributed by atoms with Crippen molar-refractivity contribution < 1.29 is 5.11 Å². The van der Waals surface area contributed by atoms with E-state index in [2.05, 4.69) is 19.9 Å². The molecular formula is C12H16N4O. The van der Waals surface area contributed by atoms with E-state index in [1.165, 1.54) is 0 Å². The zero-order valence-electron chi connectivity index (χ0n) is 9.85. The minimum Gasteiger partial charge on any atom is -0.388 e. The molecule has 90 valence electrons. The fourth-order valence-electron chi connectivity index (χ4n) is 2.44. The molecule has 0 radical (unpaired) electrons. The van der Waals surface area contributed by atoms with Gasteiger partial charge in [0.1, 0.15) is 17.8 Å². The Balaban J connectivity index is 1.98. The van der Waals surface area contributed by atoms with E-state index in [1.807, 2.05) is 19.2 Å². The molecule has 1 saturated heterocycles. The van der Waals surface area contributed by atoms with Crippen LogP contribution in [0.5, 0.6) is 0 Å². The predicted octanol–water partition coefficient (Wildman–Crippen LogP) is 1.31. The van der Waals surface area contributed by atoms with E-state index >= 15 is 0 Å². The van der Waals surface area contributed by atoms with Gasteiger partial charge in [-0.2, -0.15) is 0 Å². The second-order valence-corrected chi connectivity index (χ2v) is 4.69.